The van der Waals surface area contributed by atoms with E-state index in [0.717, 1.165) is 35.2 Å². The Morgan fingerprint density at radius 3 is 2.62 bits per heavy atom. The van der Waals surface area contributed by atoms with Gasteiger partial charge in [0, 0.05) is 22.2 Å². The Morgan fingerprint density at radius 1 is 0.952 bits per heavy atom. The lowest BCUT2D eigenvalue weighted by molar-refractivity contribution is 0.354. The van der Waals surface area contributed by atoms with Crippen LogP contribution in [0.2, 0.25) is 10.0 Å². The molecular weight excluding hydrogens is 591 g/mol. The van der Waals surface area contributed by atoms with Crippen molar-refractivity contribution in [2.75, 3.05) is 14.2 Å². The van der Waals surface area contributed by atoms with Gasteiger partial charge in [-0.15, -0.1) is 0 Å². The number of furan rings is 1. The van der Waals surface area contributed by atoms with Gasteiger partial charge in [0.25, 0.3) is 5.56 Å². The van der Waals surface area contributed by atoms with Crippen LogP contribution in [0.3, 0.4) is 0 Å². The number of ether oxygens (including phenoxy) is 2. The van der Waals surface area contributed by atoms with Gasteiger partial charge in [0.1, 0.15) is 11.5 Å². The van der Waals surface area contributed by atoms with Crippen LogP contribution in [0, 0.1) is 0 Å². The summed E-state index contributed by atoms with van der Waals surface area (Å²) in [5, 5.41) is 1.09. The van der Waals surface area contributed by atoms with Crippen LogP contribution in [0.4, 0.5) is 0 Å². The minimum Gasteiger partial charge on any atom is -0.493 e. The summed E-state index contributed by atoms with van der Waals surface area (Å²) in [5.41, 5.74) is 5.88. The molecule has 5 aromatic rings. The Morgan fingerprint density at radius 2 is 1.79 bits per heavy atom. The summed E-state index contributed by atoms with van der Waals surface area (Å²) in [6, 6.07) is 22.7. The van der Waals surface area contributed by atoms with Crippen LogP contribution < -0.4 is 24.4 Å². The minimum absolute atomic E-state index is 0.136. The number of halogens is 2. The van der Waals surface area contributed by atoms with E-state index in [9.17, 15) is 4.79 Å². The van der Waals surface area contributed by atoms with Crippen molar-refractivity contribution >= 4 is 46.3 Å². The van der Waals surface area contributed by atoms with Crippen LogP contribution >= 0.6 is 34.5 Å². The summed E-state index contributed by atoms with van der Waals surface area (Å²) < 4.78 is 19.5. The van der Waals surface area contributed by atoms with Crippen molar-refractivity contribution in [1.82, 2.24) is 4.57 Å². The maximum atomic E-state index is 14.1. The van der Waals surface area contributed by atoms with Crippen LogP contribution in [0.15, 0.2) is 92.6 Å². The molecule has 0 N–H and O–H groups in total. The summed E-state index contributed by atoms with van der Waals surface area (Å²) in [5.74, 6) is 2.33. The monoisotopic (exact) mass is 614 g/mol. The third-order valence-corrected chi connectivity index (χ3v) is 9.24. The van der Waals surface area contributed by atoms with Gasteiger partial charge in [-0.3, -0.25) is 9.36 Å². The summed E-state index contributed by atoms with van der Waals surface area (Å²) in [4.78, 5) is 19.8. The number of allylic oxidation sites excluding steroid dienone is 1. The molecule has 1 aliphatic heterocycles. The van der Waals surface area contributed by atoms with Gasteiger partial charge >= 0.3 is 0 Å². The van der Waals surface area contributed by atoms with Crippen LogP contribution in [0.5, 0.6) is 11.5 Å². The molecule has 2 aliphatic rings. The Kier molecular flexibility index (Phi) is 6.81. The fraction of sp³-hybridized carbons (Fsp3) is 0.152. The fourth-order valence-corrected chi connectivity index (χ4v) is 7.10. The SMILES string of the molecule is COc1ccc(C2C3=C(N=c4s/c(=C\c5ccc(-c6cc(Cl)ccc6Cl)o5)c(=O)n42)c2ccccc2CC3)cc1OC. The van der Waals surface area contributed by atoms with Gasteiger partial charge in [0.2, 0.25) is 0 Å². The highest BCUT2D eigenvalue weighted by molar-refractivity contribution is 7.07. The maximum absolute atomic E-state index is 14.1. The van der Waals surface area contributed by atoms with E-state index >= 15 is 0 Å². The van der Waals surface area contributed by atoms with Crippen LogP contribution in [0.25, 0.3) is 23.1 Å². The van der Waals surface area contributed by atoms with Crippen molar-refractivity contribution in [3.05, 3.63) is 131 Å². The molecule has 2 aromatic heterocycles. The van der Waals surface area contributed by atoms with E-state index in [-0.39, 0.29) is 11.6 Å². The van der Waals surface area contributed by atoms with Gasteiger partial charge < -0.3 is 13.9 Å². The maximum Gasteiger partial charge on any atom is 0.271 e. The number of methoxy groups -OCH3 is 2. The molecule has 3 aromatic carbocycles. The molecule has 1 atom stereocenters. The topological polar surface area (TPSA) is 66.0 Å². The summed E-state index contributed by atoms with van der Waals surface area (Å²) in [6.45, 7) is 0. The van der Waals surface area contributed by atoms with Gasteiger partial charge in [-0.05, 0) is 72.0 Å². The number of rotatable bonds is 5. The van der Waals surface area contributed by atoms with Crippen molar-refractivity contribution in [2.45, 2.75) is 18.9 Å². The van der Waals surface area contributed by atoms with Gasteiger partial charge in [-0.2, -0.15) is 0 Å². The summed E-state index contributed by atoms with van der Waals surface area (Å²) in [6.07, 6.45) is 3.43. The van der Waals surface area contributed by atoms with E-state index in [2.05, 4.69) is 18.2 Å². The molecule has 3 heterocycles. The Balaban J connectivity index is 1.41. The molecule has 1 aliphatic carbocycles. The second-order valence-electron chi connectivity index (χ2n) is 10.1. The number of aromatic nitrogens is 1. The highest BCUT2D eigenvalue weighted by Gasteiger charge is 2.33. The van der Waals surface area contributed by atoms with E-state index in [1.165, 1.54) is 16.9 Å². The van der Waals surface area contributed by atoms with Crippen molar-refractivity contribution < 1.29 is 13.9 Å². The van der Waals surface area contributed by atoms with Crippen LogP contribution in [0.1, 0.15) is 34.9 Å². The number of benzene rings is 3. The van der Waals surface area contributed by atoms with Crippen molar-refractivity contribution in [1.29, 1.82) is 0 Å². The molecule has 0 spiro atoms. The average Bonchev–Trinajstić information content (AvgIpc) is 3.60. The lowest BCUT2D eigenvalue weighted by atomic mass is 9.83. The van der Waals surface area contributed by atoms with Gasteiger partial charge in [0.05, 0.1) is 35.5 Å². The second kappa shape index (κ2) is 10.7. The third-order valence-electron chi connectivity index (χ3n) is 7.69. The van der Waals surface area contributed by atoms with E-state index in [0.29, 0.717) is 48.0 Å². The molecule has 210 valence electrons. The highest BCUT2D eigenvalue weighted by atomic mass is 35.5. The molecule has 0 saturated carbocycles. The van der Waals surface area contributed by atoms with Crippen molar-refractivity contribution in [3.63, 3.8) is 0 Å². The minimum atomic E-state index is -0.344. The zero-order valence-corrected chi connectivity index (χ0v) is 25.0. The van der Waals surface area contributed by atoms with Crippen LogP contribution in [-0.4, -0.2) is 18.8 Å². The molecule has 9 heteroatoms. The fourth-order valence-electron chi connectivity index (χ4n) is 5.74. The molecule has 0 amide bonds. The highest BCUT2D eigenvalue weighted by Crippen LogP contribution is 2.43. The van der Waals surface area contributed by atoms with Crippen LogP contribution in [-0.2, 0) is 6.42 Å². The van der Waals surface area contributed by atoms with E-state index in [4.69, 9.17) is 42.1 Å². The molecule has 0 saturated heterocycles. The zero-order chi connectivity index (χ0) is 29.0. The predicted molar refractivity (Wildman–Crippen MR) is 166 cm³/mol. The first-order chi connectivity index (χ1) is 20.4. The van der Waals surface area contributed by atoms with Gasteiger partial charge in [-0.1, -0.05) is 64.9 Å². The average molecular weight is 616 g/mol. The standard InChI is InChI=1S/C33H24Cl2N2O4S/c1-39-27-13-8-19(15-28(27)40-2)31-23-11-7-18-5-3-4-6-22(18)30(23)36-33-37(31)32(38)29(42-33)17-21-10-14-26(41-21)24-16-20(34)9-12-25(24)35/h3-6,8-10,12-17,31H,7,11H2,1-2H3/b29-17-. The number of thiazole rings is 1. The Bertz CT molecular complexity index is 2090. The second-order valence-corrected chi connectivity index (χ2v) is 11.9. The molecule has 6 nitrogen and oxygen atoms in total. The largest absolute Gasteiger partial charge is 0.493 e. The number of nitrogens with zero attached hydrogens (tertiary/aromatic N) is 2. The smallest absolute Gasteiger partial charge is 0.271 e. The normalized spacial score (nSPS) is 16.0. The number of hydrogen-bond acceptors (Lipinski definition) is 6. The zero-order valence-electron chi connectivity index (χ0n) is 22.7. The molecule has 7 rings (SSSR count). The summed E-state index contributed by atoms with van der Waals surface area (Å²) in [7, 11) is 3.22. The number of aryl methyl sites for hydroxylation is 1. The van der Waals surface area contributed by atoms with Crippen molar-refractivity contribution in [2.24, 2.45) is 4.99 Å². The molecule has 0 radical (unpaired) electrons. The lowest BCUT2D eigenvalue weighted by Crippen LogP contribution is -2.38. The van der Waals surface area contributed by atoms with Gasteiger partial charge in [0.15, 0.2) is 16.3 Å². The predicted octanol–water partition coefficient (Wildman–Crippen LogP) is 6.90. The van der Waals surface area contributed by atoms with Crippen molar-refractivity contribution in [3.8, 4) is 22.8 Å². The number of fused-ring (bicyclic) bond motifs is 3. The first-order valence-corrected chi connectivity index (χ1v) is 14.9. The molecular formula is C33H24Cl2N2O4S. The van der Waals surface area contributed by atoms with E-state index < -0.39 is 0 Å². The van der Waals surface area contributed by atoms with Gasteiger partial charge in [-0.25, -0.2) is 4.99 Å². The molecule has 1 unspecified atom stereocenters. The number of hydrogen-bond donors (Lipinski definition) is 0. The Labute approximate surface area is 255 Å². The molecule has 0 bridgehead atoms. The van der Waals surface area contributed by atoms with E-state index in [1.807, 2.05) is 36.4 Å². The molecule has 0 fully saturated rings. The first kappa shape index (κ1) is 26.8. The lowest BCUT2D eigenvalue weighted by Gasteiger charge is -2.31. The molecule has 42 heavy (non-hydrogen) atoms. The first-order valence-electron chi connectivity index (χ1n) is 13.4. The quantitative estimate of drug-likeness (QED) is 0.216. The third kappa shape index (κ3) is 4.49. The Hall–Kier alpha value is -4.04. The van der Waals surface area contributed by atoms with E-state index in [1.54, 1.807) is 43.1 Å². The summed E-state index contributed by atoms with van der Waals surface area (Å²) >= 11 is 13.9.